The molecule has 1 amide bonds. The highest BCUT2D eigenvalue weighted by Gasteiger charge is 2.19. The molecular weight excluding hydrogens is 456 g/mol. The second-order valence-electron chi connectivity index (χ2n) is 7.94. The molecule has 4 aromatic rings. The summed E-state index contributed by atoms with van der Waals surface area (Å²) in [6, 6.07) is 19.7. The van der Waals surface area contributed by atoms with Gasteiger partial charge in [0.2, 0.25) is 5.88 Å². The Kier molecular flexibility index (Phi) is 7.12. The van der Waals surface area contributed by atoms with Gasteiger partial charge in [-0.3, -0.25) is 14.0 Å². The molecule has 2 aromatic heterocycles. The summed E-state index contributed by atoms with van der Waals surface area (Å²) in [6.07, 6.45) is 3.65. The fourth-order valence-corrected chi connectivity index (χ4v) is 3.63. The minimum atomic E-state index is -0.700. The van der Waals surface area contributed by atoms with Gasteiger partial charge in [0.15, 0.2) is 0 Å². The zero-order valence-electron chi connectivity index (χ0n) is 20.1. The van der Waals surface area contributed by atoms with Crippen LogP contribution in [0.4, 0.5) is 5.69 Å². The topological polar surface area (TPSA) is 106 Å². The Bertz CT molecular complexity index is 1560. The molecule has 0 spiro atoms. The van der Waals surface area contributed by atoms with Gasteiger partial charge in [-0.2, -0.15) is 10.2 Å². The Hall–Kier alpha value is -4.90. The monoisotopic (exact) mass is 480 g/mol. The van der Waals surface area contributed by atoms with Crippen LogP contribution in [0.2, 0.25) is 0 Å². The van der Waals surface area contributed by atoms with E-state index in [9.17, 15) is 14.9 Å². The van der Waals surface area contributed by atoms with Gasteiger partial charge in [-0.15, -0.1) is 0 Å². The number of methoxy groups -OCH3 is 1. The van der Waals surface area contributed by atoms with Crippen molar-refractivity contribution in [3.05, 3.63) is 99.5 Å². The van der Waals surface area contributed by atoms with Gasteiger partial charge in [0, 0.05) is 6.20 Å². The first-order valence-electron chi connectivity index (χ1n) is 11.3. The predicted molar refractivity (Wildman–Crippen MR) is 137 cm³/mol. The van der Waals surface area contributed by atoms with Crippen LogP contribution in [0.3, 0.4) is 0 Å². The first-order valence-corrected chi connectivity index (χ1v) is 11.3. The van der Waals surface area contributed by atoms with Crippen LogP contribution in [-0.2, 0) is 11.2 Å². The molecule has 0 aliphatic carbocycles. The molecule has 2 heterocycles. The number of hydrogen-bond donors (Lipinski definition) is 1. The Morgan fingerprint density at radius 2 is 1.89 bits per heavy atom. The fourth-order valence-electron chi connectivity index (χ4n) is 3.63. The zero-order valence-corrected chi connectivity index (χ0v) is 20.1. The van der Waals surface area contributed by atoms with Crippen LogP contribution >= 0.6 is 0 Å². The third kappa shape index (κ3) is 4.95. The minimum Gasteiger partial charge on any atom is -0.495 e. The largest absolute Gasteiger partial charge is 0.495 e. The number of aromatic nitrogens is 2. The third-order valence-corrected chi connectivity index (χ3v) is 5.60. The summed E-state index contributed by atoms with van der Waals surface area (Å²) in [5.41, 5.74) is 1.92. The molecule has 36 heavy (non-hydrogen) atoms. The van der Waals surface area contributed by atoms with E-state index in [1.54, 1.807) is 48.7 Å². The molecule has 0 atom stereocenters. The van der Waals surface area contributed by atoms with Crippen molar-refractivity contribution in [3.8, 4) is 23.4 Å². The highest BCUT2D eigenvalue weighted by atomic mass is 16.5. The van der Waals surface area contributed by atoms with Crippen LogP contribution in [0.5, 0.6) is 17.4 Å². The summed E-state index contributed by atoms with van der Waals surface area (Å²) in [4.78, 5) is 31.0. The zero-order chi connectivity index (χ0) is 25.7. The molecule has 8 nitrogen and oxygen atoms in total. The number of hydrogen-bond acceptors (Lipinski definition) is 6. The number of benzene rings is 2. The summed E-state index contributed by atoms with van der Waals surface area (Å²) in [6.45, 7) is 3.88. The van der Waals surface area contributed by atoms with E-state index in [2.05, 4.69) is 10.3 Å². The van der Waals surface area contributed by atoms with Gasteiger partial charge in [-0.25, -0.2) is 0 Å². The number of nitrogens with zero attached hydrogens (tertiary/aromatic N) is 3. The molecule has 4 rings (SSSR count). The van der Waals surface area contributed by atoms with Gasteiger partial charge >= 0.3 is 0 Å². The van der Waals surface area contributed by atoms with Crippen molar-refractivity contribution in [1.82, 2.24) is 9.38 Å². The van der Waals surface area contributed by atoms with Crippen molar-refractivity contribution in [2.24, 2.45) is 0 Å². The lowest BCUT2D eigenvalue weighted by molar-refractivity contribution is -0.112. The van der Waals surface area contributed by atoms with E-state index >= 15 is 0 Å². The number of rotatable bonds is 7. The van der Waals surface area contributed by atoms with Crippen LogP contribution in [0, 0.1) is 18.3 Å². The van der Waals surface area contributed by atoms with Crippen molar-refractivity contribution >= 4 is 23.3 Å². The Labute approximate surface area is 208 Å². The predicted octanol–water partition coefficient (Wildman–Crippen LogP) is 4.91. The molecule has 0 aliphatic heterocycles. The number of nitrogens with one attached hydrogen (secondary N) is 1. The van der Waals surface area contributed by atoms with Crippen molar-refractivity contribution < 1.29 is 14.3 Å². The molecule has 0 fully saturated rings. The first kappa shape index (κ1) is 24.2. The molecule has 180 valence electrons. The maximum Gasteiger partial charge on any atom is 0.269 e. The molecule has 0 unspecified atom stereocenters. The number of anilines is 1. The number of pyridine rings is 1. The standard InChI is InChI=1S/C28H24N4O4/c1-4-19-11-13-21(14-12-19)36-27-22(28(34)32-15-7-8-18(2)25(32)31-27)16-20(17-29)26(33)30-23-9-5-6-10-24(23)35-3/h5-16H,4H2,1-3H3,(H,30,33)/b20-16-. The lowest BCUT2D eigenvalue weighted by Crippen LogP contribution is -2.20. The van der Waals surface area contributed by atoms with Gasteiger partial charge in [-0.1, -0.05) is 37.3 Å². The molecule has 0 aliphatic rings. The van der Waals surface area contributed by atoms with Gasteiger partial charge < -0.3 is 14.8 Å². The SMILES string of the molecule is CCc1ccc(Oc2nc3c(C)cccn3c(=O)c2/C=C(/C#N)C(=O)Nc2ccccc2OC)cc1. The molecule has 0 saturated heterocycles. The normalized spacial score (nSPS) is 11.1. The highest BCUT2D eigenvalue weighted by Crippen LogP contribution is 2.27. The lowest BCUT2D eigenvalue weighted by Gasteiger charge is -2.12. The smallest absolute Gasteiger partial charge is 0.269 e. The number of carbonyl (C=O) groups is 1. The van der Waals surface area contributed by atoms with Gasteiger partial charge in [-0.05, 0) is 60.9 Å². The lowest BCUT2D eigenvalue weighted by atomic mass is 10.1. The quantitative estimate of drug-likeness (QED) is 0.298. The van der Waals surface area contributed by atoms with E-state index in [-0.39, 0.29) is 17.0 Å². The number of carbonyl (C=O) groups excluding carboxylic acids is 1. The fraction of sp³-hybridized carbons (Fsp3) is 0.143. The summed E-state index contributed by atoms with van der Waals surface area (Å²) in [5, 5.41) is 12.4. The average Bonchev–Trinajstić information content (AvgIpc) is 2.90. The molecule has 2 aromatic carbocycles. The van der Waals surface area contributed by atoms with E-state index in [0.29, 0.717) is 22.8 Å². The maximum atomic E-state index is 13.5. The first-order chi connectivity index (χ1) is 17.4. The maximum absolute atomic E-state index is 13.5. The highest BCUT2D eigenvalue weighted by molar-refractivity contribution is 6.10. The number of fused-ring (bicyclic) bond motifs is 1. The number of nitriles is 1. The second kappa shape index (κ2) is 10.6. The molecule has 0 radical (unpaired) electrons. The van der Waals surface area contributed by atoms with Crippen LogP contribution in [0.15, 0.2) is 77.2 Å². The molecular formula is C28H24N4O4. The third-order valence-electron chi connectivity index (χ3n) is 5.60. The Balaban J connectivity index is 1.82. The number of ether oxygens (including phenoxy) is 2. The van der Waals surface area contributed by atoms with Gasteiger partial charge in [0.25, 0.3) is 11.5 Å². The summed E-state index contributed by atoms with van der Waals surface area (Å²) in [5.74, 6) is 0.208. The molecule has 0 bridgehead atoms. The second-order valence-corrected chi connectivity index (χ2v) is 7.94. The van der Waals surface area contributed by atoms with E-state index in [1.807, 2.05) is 38.1 Å². The van der Waals surface area contributed by atoms with Crippen LogP contribution in [0.25, 0.3) is 11.7 Å². The number of amides is 1. The van der Waals surface area contributed by atoms with E-state index in [0.717, 1.165) is 17.5 Å². The van der Waals surface area contributed by atoms with Crippen molar-refractivity contribution in [2.75, 3.05) is 12.4 Å². The Morgan fingerprint density at radius 3 is 2.58 bits per heavy atom. The summed E-state index contributed by atoms with van der Waals surface area (Å²) < 4.78 is 12.6. The molecule has 1 N–H and O–H groups in total. The van der Waals surface area contributed by atoms with Crippen LogP contribution in [0.1, 0.15) is 23.6 Å². The molecule has 8 heteroatoms. The van der Waals surface area contributed by atoms with Crippen molar-refractivity contribution in [1.29, 1.82) is 5.26 Å². The van der Waals surface area contributed by atoms with E-state index in [1.165, 1.54) is 17.6 Å². The van der Waals surface area contributed by atoms with Gasteiger partial charge in [0.05, 0.1) is 12.8 Å². The van der Waals surface area contributed by atoms with Gasteiger partial charge in [0.1, 0.15) is 34.4 Å². The minimum absolute atomic E-state index is 0.00334. The summed E-state index contributed by atoms with van der Waals surface area (Å²) >= 11 is 0. The average molecular weight is 481 g/mol. The van der Waals surface area contributed by atoms with E-state index < -0.39 is 11.5 Å². The van der Waals surface area contributed by atoms with E-state index in [4.69, 9.17) is 9.47 Å². The van der Waals surface area contributed by atoms with Crippen LogP contribution in [-0.4, -0.2) is 22.4 Å². The Morgan fingerprint density at radius 1 is 1.14 bits per heavy atom. The van der Waals surface area contributed by atoms with Crippen molar-refractivity contribution in [2.45, 2.75) is 20.3 Å². The number of aryl methyl sites for hydroxylation is 2. The molecule has 0 saturated carbocycles. The summed E-state index contributed by atoms with van der Waals surface area (Å²) in [7, 11) is 1.48. The van der Waals surface area contributed by atoms with Crippen LogP contribution < -0.4 is 20.3 Å². The van der Waals surface area contributed by atoms with Crippen molar-refractivity contribution in [3.63, 3.8) is 0 Å². The number of para-hydroxylation sites is 2.